The van der Waals surface area contributed by atoms with E-state index in [-0.39, 0.29) is 5.60 Å². The Morgan fingerprint density at radius 3 is 2.30 bits per heavy atom. The first-order valence-corrected chi connectivity index (χ1v) is 8.11. The predicted molar refractivity (Wildman–Crippen MR) is 79.9 cm³/mol. The summed E-state index contributed by atoms with van der Waals surface area (Å²) in [5, 5.41) is 0. The molecule has 1 aliphatic rings. The van der Waals surface area contributed by atoms with E-state index in [0.29, 0.717) is 26.6 Å². The molecule has 0 spiro atoms. The van der Waals surface area contributed by atoms with Crippen LogP contribution in [0.2, 0.25) is 0 Å². The SMILES string of the molecule is CCCCCCCCC[C@]1(COCOCCOC)CO1. The molecule has 0 aliphatic carbocycles. The van der Waals surface area contributed by atoms with Crippen molar-refractivity contribution in [2.45, 2.75) is 63.9 Å². The van der Waals surface area contributed by atoms with Crippen molar-refractivity contribution in [2.24, 2.45) is 0 Å². The minimum Gasteiger partial charge on any atom is -0.382 e. The molecule has 1 atom stereocenters. The second-order valence-electron chi connectivity index (χ2n) is 5.71. The largest absolute Gasteiger partial charge is 0.382 e. The maximum Gasteiger partial charge on any atom is 0.146 e. The molecule has 1 rings (SSSR count). The lowest BCUT2D eigenvalue weighted by atomic mass is 10.0. The van der Waals surface area contributed by atoms with Crippen LogP contribution in [0.5, 0.6) is 0 Å². The molecule has 0 aromatic heterocycles. The first kappa shape index (κ1) is 17.9. The van der Waals surface area contributed by atoms with E-state index in [0.717, 1.165) is 13.0 Å². The minimum atomic E-state index is 0.00797. The molecule has 0 N–H and O–H groups in total. The van der Waals surface area contributed by atoms with Gasteiger partial charge in [0.15, 0.2) is 0 Å². The topological polar surface area (TPSA) is 40.2 Å². The lowest BCUT2D eigenvalue weighted by Crippen LogP contribution is -2.21. The average molecular weight is 288 g/mol. The molecule has 1 aliphatic heterocycles. The first-order chi connectivity index (χ1) is 9.83. The predicted octanol–water partition coefficient (Wildman–Crippen LogP) is 3.53. The van der Waals surface area contributed by atoms with Gasteiger partial charge in [0.25, 0.3) is 0 Å². The molecule has 1 fully saturated rings. The summed E-state index contributed by atoms with van der Waals surface area (Å²) >= 11 is 0. The Kier molecular flexibility index (Phi) is 10.3. The number of hydrogen-bond donors (Lipinski definition) is 0. The Balaban J connectivity index is 1.87. The molecule has 4 nitrogen and oxygen atoms in total. The van der Waals surface area contributed by atoms with Gasteiger partial charge in [-0.2, -0.15) is 0 Å². The minimum absolute atomic E-state index is 0.00797. The summed E-state index contributed by atoms with van der Waals surface area (Å²) in [4.78, 5) is 0. The summed E-state index contributed by atoms with van der Waals surface area (Å²) < 4.78 is 21.3. The highest BCUT2D eigenvalue weighted by atomic mass is 16.7. The van der Waals surface area contributed by atoms with E-state index in [2.05, 4.69) is 6.92 Å². The summed E-state index contributed by atoms with van der Waals surface area (Å²) in [6.07, 6.45) is 10.5. The number of epoxide rings is 1. The van der Waals surface area contributed by atoms with Gasteiger partial charge in [-0.25, -0.2) is 0 Å². The van der Waals surface area contributed by atoms with Crippen molar-refractivity contribution in [1.82, 2.24) is 0 Å². The third-order valence-corrected chi connectivity index (χ3v) is 3.75. The van der Waals surface area contributed by atoms with Crippen molar-refractivity contribution in [3.8, 4) is 0 Å². The Morgan fingerprint density at radius 1 is 0.950 bits per heavy atom. The fourth-order valence-corrected chi connectivity index (χ4v) is 2.29. The van der Waals surface area contributed by atoms with Crippen LogP contribution in [0.4, 0.5) is 0 Å². The van der Waals surface area contributed by atoms with Gasteiger partial charge in [0.2, 0.25) is 0 Å². The molecule has 0 aromatic carbocycles. The molecule has 0 amide bonds. The van der Waals surface area contributed by atoms with Gasteiger partial charge in [0.1, 0.15) is 12.4 Å². The van der Waals surface area contributed by atoms with Crippen LogP contribution in [0.25, 0.3) is 0 Å². The van der Waals surface area contributed by atoms with Crippen LogP contribution in [0, 0.1) is 0 Å². The van der Waals surface area contributed by atoms with Crippen LogP contribution in [0.3, 0.4) is 0 Å². The van der Waals surface area contributed by atoms with Crippen molar-refractivity contribution in [3.05, 3.63) is 0 Å². The van der Waals surface area contributed by atoms with Gasteiger partial charge in [-0.1, -0.05) is 51.9 Å². The van der Waals surface area contributed by atoms with Gasteiger partial charge in [-0.05, 0) is 6.42 Å². The molecule has 1 saturated heterocycles. The fraction of sp³-hybridized carbons (Fsp3) is 1.00. The summed E-state index contributed by atoms with van der Waals surface area (Å²) in [5.41, 5.74) is 0.00797. The molecule has 120 valence electrons. The second-order valence-corrected chi connectivity index (χ2v) is 5.71. The smallest absolute Gasteiger partial charge is 0.146 e. The zero-order valence-corrected chi connectivity index (χ0v) is 13.3. The van der Waals surface area contributed by atoms with Crippen molar-refractivity contribution in [3.63, 3.8) is 0 Å². The molecular formula is C16H32O4. The first-order valence-electron chi connectivity index (χ1n) is 8.11. The maximum absolute atomic E-state index is 5.56. The van der Waals surface area contributed by atoms with Gasteiger partial charge >= 0.3 is 0 Å². The molecule has 0 unspecified atom stereocenters. The quantitative estimate of drug-likeness (QED) is 0.262. The highest BCUT2D eigenvalue weighted by Crippen LogP contribution is 2.33. The Labute approximate surface area is 124 Å². The molecule has 1 heterocycles. The van der Waals surface area contributed by atoms with Gasteiger partial charge < -0.3 is 18.9 Å². The highest BCUT2D eigenvalue weighted by molar-refractivity contribution is 4.91. The highest BCUT2D eigenvalue weighted by Gasteiger charge is 2.44. The maximum atomic E-state index is 5.56. The molecule has 0 bridgehead atoms. The summed E-state index contributed by atoms with van der Waals surface area (Å²) in [6.45, 7) is 5.31. The third-order valence-electron chi connectivity index (χ3n) is 3.75. The van der Waals surface area contributed by atoms with Crippen molar-refractivity contribution in [2.75, 3.05) is 40.3 Å². The van der Waals surface area contributed by atoms with E-state index in [4.69, 9.17) is 18.9 Å². The van der Waals surface area contributed by atoms with Crippen molar-refractivity contribution in [1.29, 1.82) is 0 Å². The monoisotopic (exact) mass is 288 g/mol. The number of ether oxygens (including phenoxy) is 4. The van der Waals surface area contributed by atoms with E-state index in [9.17, 15) is 0 Å². The van der Waals surface area contributed by atoms with E-state index in [1.165, 1.54) is 44.9 Å². The van der Waals surface area contributed by atoms with Gasteiger partial charge in [0, 0.05) is 7.11 Å². The second kappa shape index (κ2) is 11.5. The zero-order chi connectivity index (χ0) is 14.5. The molecule has 4 heteroatoms. The summed E-state index contributed by atoms with van der Waals surface area (Å²) in [5.74, 6) is 0. The lowest BCUT2D eigenvalue weighted by Gasteiger charge is -2.12. The van der Waals surface area contributed by atoms with Gasteiger partial charge in [-0.3, -0.25) is 0 Å². The fourth-order valence-electron chi connectivity index (χ4n) is 2.29. The molecule has 0 aromatic rings. The van der Waals surface area contributed by atoms with E-state index >= 15 is 0 Å². The Hall–Kier alpha value is -0.160. The van der Waals surface area contributed by atoms with E-state index < -0.39 is 0 Å². The summed E-state index contributed by atoms with van der Waals surface area (Å²) in [7, 11) is 1.67. The number of rotatable bonds is 15. The van der Waals surface area contributed by atoms with Crippen LogP contribution >= 0.6 is 0 Å². The van der Waals surface area contributed by atoms with Crippen LogP contribution in [-0.4, -0.2) is 45.9 Å². The van der Waals surface area contributed by atoms with Gasteiger partial charge in [0.05, 0.1) is 26.4 Å². The summed E-state index contributed by atoms with van der Waals surface area (Å²) in [6, 6.07) is 0. The molecular weight excluding hydrogens is 256 g/mol. The van der Waals surface area contributed by atoms with Crippen LogP contribution in [0.15, 0.2) is 0 Å². The van der Waals surface area contributed by atoms with Crippen molar-refractivity contribution >= 4 is 0 Å². The van der Waals surface area contributed by atoms with Crippen molar-refractivity contribution < 1.29 is 18.9 Å². The normalized spacial score (nSPS) is 21.3. The third kappa shape index (κ3) is 8.90. The van der Waals surface area contributed by atoms with Gasteiger partial charge in [-0.15, -0.1) is 0 Å². The van der Waals surface area contributed by atoms with E-state index in [1.807, 2.05) is 0 Å². The number of unbranched alkanes of at least 4 members (excludes halogenated alkanes) is 6. The molecule has 20 heavy (non-hydrogen) atoms. The lowest BCUT2D eigenvalue weighted by molar-refractivity contribution is -0.0791. The number of hydrogen-bond acceptors (Lipinski definition) is 4. The van der Waals surface area contributed by atoms with Crippen LogP contribution in [-0.2, 0) is 18.9 Å². The van der Waals surface area contributed by atoms with E-state index in [1.54, 1.807) is 7.11 Å². The standard InChI is InChI=1S/C16H32O4/c1-3-4-5-6-7-8-9-10-16(14-20-16)13-19-15-18-12-11-17-2/h3-15H2,1-2H3/t16-/m0/s1. The number of methoxy groups -OCH3 is 1. The zero-order valence-electron chi connectivity index (χ0n) is 13.3. The Morgan fingerprint density at radius 2 is 1.65 bits per heavy atom. The van der Waals surface area contributed by atoms with Crippen LogP contribution in [0.1, 0.15) is 58.3 Å². The average Bonchev–Trinajstić information content (AvgIpc) is 3.22. The van der Waals surface area contributed by atoms with Crippen LogP contribution < -0.4 is 0 Å². The Bertz CT molecular complexity index is 217. The molecule has 0 radical (unpaired) electrons. The molecule has 0 saturated carbocycles.